The zero-order valence-corrected chi connectivity index (χ0v) is 8.88. The number of esters is 1. The summed E-state index contributed by atoms with van der Waals surface area (Å²) in [5, 5.41) is 0. The Kier molecular flexibility index (Phi) is 4.35. The summed E-state index contributed by atoms with van der Waals surface area (Å²) in [5.41, 5.74) is -0.258. The van der Waals surface area contributed by atoms with Crippen LogP contribution in [-0.2, 0) is 19.0 Å². The first-order chi connectivity index (χ1) is 6.72. The summed E-state index contributed by atoms with van der Waals surface area (Å²) in [7, 11) is 3.04. The minimum Gasteiger partial charge on any atom is -0.469 e. The number of hydrogen-bond donors (Lipinski definition) is 0. The summed E-state index contributed by atoms with van der Waals surface area (Å²) in [4.78, 5) is 11.1. The highest BCUT2D eigenvalue weighted by atomic mass is 16.5. The third-order valence-corrected chi connectivity index (χ3v) is 2.65. The van der Waals surface area contributed by atoms with Gasteiger partial charge in [-0.2, -0.15) is 0 Å². The van der Waals surface area contributed by atoms with Crippen molar-refractivity contribution in [1.29, 1.82) is 0 Å². The van der Waals surface area contributed by atoms with Crippen LogP contribution in [0.1, 0.15) is 25.7 Å². The van der Waals surface area contributed by atoms with Crippen LogP contribution in [0.2, 0.25) is 0 Å². The Balaban J connectivity index is 2.30. The molecule has 0 aliphatic heterocycles. The van der Waals surface area contributed by atoms with E-state index in [1.165, 1.54) is 7.11 Å². The Hall–Kier alpha value is -0.610. The number of carbonyl (C=O) groups excluding carboxylic acids is 1. The maximum atomic E-state index is 11.1. The minimum absolute atomic E-state index is 0.192. The van der Waals surface area contributed by atoms with Crippen LogP contribution in [-0.4, -0.2) is 39.0 Å². The topological polar surface area (TPSA) is 44.8 Å². The highest BCUT2D eigenvalue weighted by molar-refractivity contribution is 5.70. The fourth-order valence-electron chi connectivity index (χ4n) is 1.62. The standard InChI is InChI=1S/C10H18O4/c1-12-6-7-14-10(4-3-5-10)8-9(11)13-2/h3-8H2,1-2H3. The molecule has 14 heavy (non-hydrogen) atoms. The van der Waals surface area contributed by atoms with Gasteiger partial charge in [0, 0.05) is 7.11 Å². The summed E-state index contributed by atoms with van der Waals surface area (Å²) >= 11 is 0. The van der Waals surface area contributed by atoms with Gasteiger partial charge < -0.3 is 14.2 Å². The normalized spacial score (nSPS) is 18.7. The number of methoxy groups -OCH3 is 2. The molecule has 0 saturated heterocycles. The van der Waals surface area contributed by atoms with Crippen LogP contribution in [0.25, 0.3) is 0 Å². The van der Waals surface area contributed by atoms with Gasteiger partial charge in [-0.25, -0.2) is 0 Å². The number of ether oxygens (including phenoxy) is 3. The molecule has 0 unspecified atom stereocenters. The molecule has 0 bridgehead atoms. The van der Waals surface area contributed by atoms with Crippen molar-refractivity contribution in [2.45, 2.75) is 31.3 Å². The van der Waals surface area contributed by atoms with Crippen LogP contribution in [0.3, 0.4) is 0 Å². The third-order valence-electron chi connectivity index (χ3n) is 2.65. The van der Waals surface area contributed by atoms with Gasteiger partial charge in [-0.15, -0.1) is 0 Å². The zero-order valence-electron chi connectivity index (χ0n) is 8.88. The molecule has 4 heteroatoms. The smallest absolute Gasteiger partial charge is 0.308 e. The summed E-state index contributed by atoms with van der Waals surface area (Å²) < 4.78 is 15.2. The lowest BCUT2D eigenvalue weighted by Gasteiger charge is -2.40. The third kappa shape index (κ3) is 2.96. The molecule has 0 radical (unpaired) electrons. The van der Waals surface area contributed by atoms with Gasteiger partial charge in [0.15, 0.2) is 0 Å². The summed E-state index contributed by atoms with van der Waals surface area (Å²) in [6.07, 6.45) is 3.40. The van der Waals surface area contributed by atoms with Crippen LogP contribution in [0.15, 0.2) is 0 Å². The molecule has 0 aromatic carbocycles. The van der Waals surface area contributed by atoms with E-state index in [-0.39, 0.29) is 11.6 Å². The predicted molar refractivity (Wildman–Crippen MR) is 51.0 cm³/mol. The highest BCUT2D eigenvalue weighted by Crippen LogP contribution is 2.38. The van der Waals surface area contributed by atoms with Gasteiger partial charge in [0.2, 0.25) is 0 Å². The van der Waals surface area contributed by atoms with E-state index in [4.69, 9.17) is 9.47 Å². The van der Waals surface area contributed by atoms with Crippen LogP contribution in [0, 0.1) is 0 Å². The van der Waals surface area contributed by atoms with Gasteiger partial charge in [0.05, 0.1) is 32.3 Å². The van der Waals surface area contributed by atoms with Crippen molar-refractivity contribution in [3.63, 3.8) is 0 Å². The summed E-state index contributed by atoms with van der Waals surface area (Å²) in [5.74, 6) is -0.192. The van der Waals surface area contributed by atoms with Gasteiger partial charge in [0.25, 0.3) is 0 Å². The fraction of sp³-hybridized carbons (Fsp3) is 0.900. The van der Waals surface area contributed by atoms with Crippen molar-refractivity contribution < 1.29 is 19.0 Å². The molecule has 0 atom stereocenters. The second-order valence-electron chi connectivity index (χ2n) is 3.63. The van der Waals surface area contributed by atoms with E-state index >= 15 is 0 Å². The summed E-state index contributed by atoms with van der Waals surface area (Å²) in [6.45, 7) is 1.12. The molecule has 0 amide bonds. The van der Waals surface area contributed by atoms with Gasteiger partial charge in [-0.3, -0.25) is 4.79 Å². The molecule has 82 valence electrons. The molecule has 1 aliphatic carbocycles. The van der Waals surface area contributed by atoms with E-state index in [0.29, 0.717) is 19.6 Å². The van der Waals surface area contributed by atoms with Crippen molar-refractivity contribution in [2.24, 2.45) is 0 Å². The van der Waals surface area contributed by atoms with Gasteiger partial charge in [-0.1, -0.05) is 0 Å². The van der Waals surface area contributed by atoms with E-state index < -0.39 is 0 Å². The van der Waals surface area contributed by atoms with E-state index in [9.17, 15) is 4.79 Å². The molecule has 1 fully saturated rings. The number of rotatable bonds is 6. The molecule has 0 aromatic rings. The van der Waals surface area contributed by atoms with Crippen molar-refractivity contribution in [3.05, 3.63) is 0 Å². The Morgan fingerprint density at radius 1 is 1.29 bits per heavy atom. The lowest BCUT2D eigenvalue weighted by Crippen LogP contribution is -2.43. The Morgan fingerprint density at radius 3 is 2.43 bits per heavy atom. The molecular formula is C10H18O4. The largest absolute Gasteiger partial charge is 0.469 e. The molecule has 0 aromatic heterocycles. The van der Waals surface area contributed by atoms with E-state index in [1.807, 2.05) is 0 Å². The lowest BCUT2D eigenvalue weighted by molar-refractivity contribution is -0.159. The van der Waals surface area contributed by atoms with Crippen molar-refractivity contribution >= 4 is 5.97 Å². The molecule has 4 nitrogen and oxygen atoms in total. The molecule has 0 spiro atoms. The van der Waals surface area contributed by atoms with Crippen LogP contribution >= 0.6 is 0 Å². The first-order valence-corrected chi connectivity index (χ1v) is 4.92. The van der Waals surface area contributed by atoms with Gasteiger partial charge >= 0.3 is 5.97 Å². The molecule has 0 N–H and O–H groups in total. The second-order valence-corrected chi connectivity index (χ2v) is 3.63. The molecule has 1 aliphatic rings. The van der Waals surface area contributed by atoms with Crippen LogP contribution < -0.4 is 0 Å². The first-order valence-electron chi connectivity index (χ1n) is 4.92. The van der Waals surface area contributed by atoms with Gasteiger partial charge in [-0.05, 0) is 19.3 Å². The molecular weight excluding hydrogens is 184 g/mol. The van der Waals surface area contributed by atoms with E-state index in [1.54, 1.807) is 7.11 Å². The maximum absolute atomic E-state index is 11.1. The molecule has 0 heterocycles. The molecule has 1 saturated carbocycles. The second kappa shape index (κ2) is 5.32. The summed E-state index contributed by atoms with van der Waals surface area (Å²) in [6, 6.07) is 0. The Bertz CT molecular complexity index is 187. The number of carbonyl (C=O) groups is 1. The quantitative estimate of drug-likeness (QED) is 0.478. The first kappa shape index (κ1) is 11.5. The average Bonchev–Trinajstić information content (AvgIpc) is 2.14. The SMILES string of the molecule is COCCOC1(CC(=O)OC)CCC1. The maximum Gasteiger partial charge on any atom is 0.308 e. The van der Waals surface area contributed by atoms with Crippen LogP contribution in [0.5, 0.6) is 0 Å². The van der Waals surface area contributed by atoms with E-state index in [0.717, 1.165) is 19.3 Å². The Labute approximate surface area is 84.5 Å². The van der Waals surface area contributed by atoms with Crippen molar-refractivity contribution in [3.8, 4) is 0 Å². The fourth-order valence-corrected chi connectivity index (χ4v) is 1.62. The van der Waals surface area contributed by atoms with Crippen molar-refractivity contribution in [2.75, 3.05) is 27.4 Å². The van der Waals surface area contributed by atoms with E-state index in [2.05, 4.69) is 4.74 Å². The predicted octanol–water partition coefficient (Wildman–Crippen LogP) is 1.14. The molecule has 1 rings (SSSR count). The minimum atomic E-state index is -0.258. The lowest BCUT2D eigenvalue weighted by atomic mass is 9.77. The van der Waals surface area contributed by atoms with Crippen LogP contribution in [0.4, 0.5) is 0 Å². The Morgan fingerprint density at radius 2 is 2.00 bits per heavy atom. The highest BCUT2D eigenvalue weighted by Gasteiger charge is 2.40. The number of hydrogen-bond acceptors (Lipinski definition) is 4. The van der Waals surface area contributed by atoms with Gasteiger partial charge in [0.1, 0.15) is 0 Å². The average molecular weight is 202 g/mol. The van der Waals surface area contributed by atoms with Crippen molar-refractivity contribution in [1.82, 2.24) is 0 Å². The zero-order chi connectivity index (χ0) is 10.4. The monoisotopic (exact) mass is 202 g/mol.